The second-order valence-electron chi connectivity index (χ2n) is 4.11. The largest absolute Gasteiger partial charge is 0.307 e. The molecule has 3 rings (SSSR count). The van der Waals surface area contributed by atoms with Crippen LogP contribution in [-0.2, 0) is 6.42 Å². The van der Waals surface area contributed by atoms with E-state index in [2.05, 4.69) is 20.9 Å². The molecular weight excluding hydrogens is 295 g/mol. The first kappa shape index (κ1) is 11.4. The lowest BCUT2D eigenvalue weighted by Gasteiger charge is -1.98. The van der Waals surface area contributed by atoms with Crippen LogP contribution in [0.1, 0.15) is 11.3 Å². The minimum Gasteiger partial charge on any atom is -0.307 e. The highest BCUT2D eigenvalue weighted by molar-refractivity contribution is 9.10. The van der Waals surface area contributed by atoms with Crippen molar-refractivity contribution in [2.75, 3.05) is 0 Å². The maximum Gasteiger partial charge on any atom is 0.138 e. The summed E-state index contributed by atoms with van der Waals surface area (Å²) < 4.78 is 16.5. The summed E-state index contributed by atoms with van der Waals surface area (Å²) in [6.07, 6.45) is 4.36. The molecule has 0 aliphatic carbocycles. The number of halogens is 2. The molecule has 3 aromatic rings. The summed E-state index contributed by atoms with van der Waals surface area (Å²) in [5.41, 5.74) is 2.38. The molecule has 0 saturated carbocycles. The van der Waals surface area contributed by atoms with Gasteiger partial charge >= 0.3 is 0 Å². The highest BCUT2D eigenvalue weighted by atomic mass is 79.9. The highest BCUT2D eigenvalue weighted by Gasteiger charge is 2.06. The second kappa shape index (κ2) is 4.53. The van der Waals surface area contributed by atoms with Crippen molar-refractivity contribution in [2.24, 2.45) is 0 Å². The average Bonchev–Trinajstić information content (AvgIpc) is 2.73. The Bertz CT molecular complexity index is 706. The van der Waals surface area contributed by atoms with Crippen LogP contribution in [0, 0.1) is 5.82 Å². The molecule has 0 aliphatic heterocycles. The fourth-order valence-corrected chi connectivity index (χ4v) is 2.25. The normalized spacial score (nSPS) is 11.0. The van der Waals surface area contributed by atoms with Crippen LogP contribution in [0.25, 0.3) is 5.65 Å². The zero-order chi connectivity index (χ0) is 12.5. The Kier molecular flexibility index (Phi) is 2.88. The average molecular weight is 305 g/mol. The third-order valence-electron chi connectivity index (χ3n) is 2.80. The van der Waals surface area contributed by atoms with Gasteiger partial charge in [0.2, 0.25) is 0 Å². The van der Waals surface area contributed by atoms with Gasteiger partial charge in [0.1, 0.15) is 11.5 Å². The zero-order valence-electron chi connectivity index (χ0n) is 9.48. The predicted octanol–water partition coefficient (Wildman–Crippen LogP) is 3.83. The molecule has 2 aromatic heterocycles. The quantitative estimate of drug-likeness (QED) is 0.703. The van der Waals surface area contributed by atoms with Crippen LogP contribution in [-0.4, -0.2) is 9.38 Å². The number of benzene rings is 1. The van der Waals surface area contributed by atoms with Crippen LogP contribution < -0.4 is 0 Å². The molecule has 0 saturated heterocycles. The van der Waals surface area contributed by atoms with E-state index in [1.807, 2.05) is 35.0 Å². The van der Waals surface area contributed by atoms with Gasteiger partial charge in [0.05, 0.1) is 5.69 Å². The molecule has 2 heterocycles. The van der Waals surface area contributed by atoms with Gasteiger partial charge in [-0.15, -0.1) is 0 Å². The second-order valence-corrected chi connectivity index (χ2v) is 5.03. The SMILES string of the molecule is Fc1ccccc1Cc1cn2ccc(Br)cc2n1. The van der Waals surface area contributed by atoms with Crippen molar-refractivity contribution in [1.82, 2.24) is 9.38 Å². The maximum atomic E-state index is 13.6. The Morgan fingerprint density at radius 1 is 1.22 bits per heavy atom. The van der Waals surface area contributed by atoms with Gasteiger partial charge in [0, 0.05) is 23.3 Å². The monoisotopic (exact) mass is 304 g/mol. The minimum atomic E-state index is -0.185. The van der Waals surface area contributed by atoms with E-state index >= 15 is 0 Å². The summed E-state index contributed by atoms with van der Waals surface area (Å²) in [6, 6.07) is 10.7. The van der Waals surface area contributed by atoms with Crippen molar-refractivity contribution in [3.05, 3.63) is 70.3 Å². The van der Waals surface area contributed by atoms with Gasteiger partial charge in [0.15, 0.2) is 0 Å². The molecule has 0 unspecified atom stereocenters. The third-order valence-corrected chi connectivity index (χ3v) is 3.29. The van der Waals surface area contributed by atoms with Gasteiger partial charge in [-0.2, -0.15) is 0 Å². The highest BCUT2D eigenvalue weighted by Crippen LogP contribution is 2.16. The van der Waals surface area contributed by atoms with Crippen LogP contribution >= 0.6 is 15.9 Å². The molecule has 0 atom stereocenters. The molecule has 4 heteroatoms. The molecule has 0 aliphatic rings. The van der Waals surface area contributed by atoms with Gasteiger partial charge < -0.3 is 4.40 Å². The van der Waals surface area contributed by atoms with E-state index in [9.17, 15) is 4.39 Å². The lowest BCUT2D eigenvalue weighted by molar-refractivity contribution is 0.613. The maximum absolute atomic E-state index is 13.6. The third kappa shape index (κ3) is 2.16. The molecule has 90 valence electrons. The van der Waals surface area contributed by atoms with Gasteiger partial charge in [-0.1, -0.05) is 34.1 Å². The molecule has 0 spiro atoms. The number of nitrogens with zero attached hydrogens (tertiary/aromatic N) is 2. The van der Waals surface area contributed by atoms with Crippen molar-refractivity contribution in [3.63, 3.8) is 0 Å². The first-order chi connectivity index (χ1) is 8.72. The lowest BCUT2D eigenvalue weighted by atomic mass is 10.1. The lowest BCUT2D eigenvalue weighted by Crippen LogP contribution is -1.91. The van der Waals surface area contributed by atoms with E-state index in [4.69, 9.17) is 0 Å². The molecule has 0 radical (unpaired) electrons. The van der Waals surface area contributed by atoms with E-state index in [1.54, 1.807) is 12.1 Å². The number of fused-ring (bicyclic) bond motifs is 1. The minimum absolute atomic E-state index is 0.185. The van der Waals surface area contributed by atoms with E-state index in [0.717, 1.165) is 15.8 Å². The van der Waals surface area contributed by atoms with Crippen LogP contribution in [0.3, 0.4) is 0 Å². The van der Waals surface area contributed by atoms with Crippen molar-refractivity contribution < 1.29 is 4.39 Å². The number of hydrogen-bond donors (Lipinski definition) is 0. The Hall–Kier alpha value is -1.68. The molecular formula is C14H10BrFN2. The van der Waals surface area contributed by atoms with Crippen molar-refractivity contribution in [1.29, 1.82) is 0 Å². The van der Waals surface area contributed by atoms with E-state index in [-0.39, 0.29) is 5.82 Å². The predicted molar refractivity (Wildman–Crippen MR) is 72.1 cm³/mol. The fraction of sp³-hybridized carbons (Fsp3) is 0.0714. The van der Waals surface area contributed by atoms with Gasteiger partial charge in [-0.05, 0) is 23.8 Å². The number of aromatic nitrogens is 2. The summed E-state index contributed by atoms with van der Waals surface area (Å²) in [4.78, 5) is 4.48. The molecule has 0 fully saturated rings. The first-order valence-corrected chi connectivity index (χ1v) is 6.38. The first-order valence-electron chi connectivity index (χ1n) is 5.59. The standard InChI is InChI=1S/C14H10BrFN2/c15-11-5-6-18-9-12(17-14(18)8-11)7-10-3-1-2-4-13(10)16/h1-6,8-9H,7H2. The summed E-state index contributed by atoms with van der Waals surface area (Å²) in [5.74, 6) is -0.185. The number of imidazole rings is 1. The molecule has 0 amide bonds. The number of pyridine rings is 1. The van der Waals surface area contributed by atoms with Crippen molar-refractivity contribution in [3.8, 4) is 0 Å². The molecule has 0 N–H and O–H groups in total. The van der Waals surface area contributed by atoms with E-state index < -0.39 is 0 Å². The number of rotatable bonds is 2. The zero-order valence-corrected chi connectivity index (χ0v) is 11.1. The Morgan fingerprint density at radius 2 is 2.06 bits per heavy atom. The Labute approximate surface area is 112 Å². The Balaban J connectivity index is 1.98. The summed E-state index contributed by atoms with van der Waals surface area (Å²) in [5, 5.41) is 0. The van der Waals surface area contributed by atoms with Gasteiger partial charge in [-0.3, -0.25) is 0 Å². The van der Waals surface area contributed by atoms with Crippen LogP contribution in [0.15, 0.2) is 53.3 Å². The van der Waals surface area contributed by atoms with Crippen molar-refractivity contribution >= 4 is 21.6 Å². The van der Waals surface area contributed by atoms with E-state index in [0.29, 0.717) is 12.0 Å². The topological polar surface area (TPSA) is 17.3 Å². The summed E-state index contributed by atoms with van der Waals surface area (Å²) in [6.45, 7) is 0. The number of hydrogen-bond acceptors (Lipinski definition) is 1. The fourth-order valence-electron chi connectivity index (χ4n) is 1.93. The van der Waals surface area contributed by atoms with Gasteiger partial charge in [-0.25, -0.2) is 9.37 Å². The van der Waals surface area contributed by atoms with Crippen molar-refractivity contribution in [2.45, 2.75) is 6.42 Å². The van der Waals surface area contributed by atoms with Crippen LogP contribution in [0.2, 0.25) is 0 Å². The van der Waals surface area contributed by atoms with Crippen LogP contribution in [0.4, 0.5) is 4.39 Å². The summed E-state index contributed by atoms with van der Waals surface area (Å²) in [7, 11) is 0. The molecule has 0 bridgehead atoms. The Morgan fingerprint density at radius 3 is 2.89 bits per heavy atom. The molecule has 18 heavy (non-hydrogen) atoms. The molecule has 2 nitrogen and oxygen atoms in total. The van der Waals surface area contributed by atoms with E-state index in [1.165, 1.54) is 6.07 Å². The van der Waals surface area contributed by atoms with Crippen LogP contribution in [0.5, 0.6) is 0 Å². The smallest absolute Gasteiger partial charge is 0.138 e. The summed E-state index contributed by atoms with van der Waals surface area (Å²) >= 11 is 3.41. The van der Waals surface area contributed by atoms with Gasteiger partial charge in [0.25, 0.3) is 0 Å². The molecule has 1 aromatic carbocycles.